The van der Waals surface area contributed by atoms with Crippen molar-refractivity contribution in [3.8, 4) is 11.5 Å². The molecule has 124 valence electrons. The Labute approximate surface area is 141 Å². The molecule has 2 N–H and O–H groups in total. The van der Waals surface area contributed by atoms with E-state index in [4.69, 9.17) is 4.42 Å². The number of nitrogens with zero attached hydrogens (tertiary/aromatic N) is 3. The summed E-state index contributed by atoms with van der Waals surface area (Å²) in [5.74, 6) is 1.37. The molecule has 0 unspecified atom stereocenters. The van der Waals surface area contributed by atoms with E-state index in [0.29, 0.717) is 12.4 Å². The van der Waals surface area contributed by atoms with Crippen molar-refractivity contribution in [2.75, 3.05) is 13.6 Å². The molecule has 2 aromatic heterocycles. The van der Waals surface area contributed by atoms with Gasteiger partial charge in [-0.05, 0) is 24.3 Å². The zero-order valence-corrected chi connectivity index (χ0v) is 13.6. The van der Waals surface area contributed by atoms with E-state index in [1.165, 1.54) is 0 Å². The van der Waals surface area contributed by atoms with Crippen LogP contribution in [0.15, 0.2) is 70.5 Å². The van der Waals surface area contributed by atoms with E-state index in [1.807, 2.05) is 54.9 Å². The van der Waals surface area contributed by atoms with Gasteiger partial charge in [0.2, 0.25) is 5.89 Å². The molecule has 1 aromatic carbocycles. The van der Waals surface area contributed by atoms with Crippen LogP contribution in [0.4, 0.5) is 0 Å². The Kier molecular flexibility index (Phi) is 5.29. The van der Waals surface area contributed by atoms with Crippen molar-refractivity contribution in [1.82, 2.24) is 20.2 Å². The van der Waals surface area contributed by atoms with Crippen molar-refractivity contribution in [3.63, 3.8) is 0 Å². The molecule has 0 saturated carbocycles. The number of oxazole rings is 1. The van der Waals surface area contributed by atoms with Crippen molar-refractivity contribution >= 4 is 5.96 Å². The largest absolute Gasteiger partial charge is 0.444 e. The maximum Gasteiger partial charge on any atom is 0.226 e. The van der Waals surface area contributed by atoms with Gasteiger partial charge in [-0.25, -0.2) is 4.98 Å². The quantitative estimate of drug-likeness (QED) is 0.540. The predicted molar refractivity (Wildman–Crippen MR) is 94.6 cm³/mol. The standard InChI is InChI=1S/C18H21N5O/c1-19-18(20-9-12-23-10-5-6-11-23)21-13-16-14-24-17(22-16)15-7-3-2-4-8-15/h2-8,10-11,14H,9,12-13H2,1H3,(H2,19,20,21). The summed E-state index contributed by atoms with van der Waals surface area (Å²) in [5, 5.41) is 6.51. The molecule has 6 heteroatoms. The molecule has 0 saturated heterocycles. The second-order valence-electron chi connectivity index (χ2n) is 5.28. The molecule has 0 aliphatic rings. The van der Waals surface area contributed by atoms with Gasteiger partial charge in [0, 0.05) is 38.1 Å². The summed E-state index contributed by atoms with van der Waals surface area (Å²) < 4.78 is 7.65. The lowest BCUT2D eigenvalue weighted by atomic mass is 10.2. The van der Waals surface area contributed by atoms with Gasteiger partial charge in [0.15, 0.2) is 5.96 Å². The van der Waals surface area contributed by atoms with Gasteiger partial charge in [-0.3, -0.25) is 4.99 Å². The fourth-order valence-electron chi connectivity index (χ4n) is 2.32. The highest BCUT2D eigenvalue weighted by molar-refractivity contribution is 5.79. The molecule has 2 heterocycles. The number of hydrogen-bond donors (Lipinski definition) is 2. The molecular weight excluding hydrogens is 302 g/mol. The van der Waals surface area contributed by atoms with Gasteiger partial charge in [0.05, 0.1) is 12.2 Å². The lowest BCUT2D eigenvalue weighted by molar-refractivity contribution is 0.572. The molecule has 0 aliphatic heterocycles. The monoisotopic (exact) mass is 323 g/mol. The summed E-state index contributed by atoms with van der Waals surface area (Å²) in [6, 6.07) is 13.9. The summed E-state index contributed by atoms with van der Waals surface area (Å²) in [6.45, 7) is 2.23. The molecule has 24 heavy (non-hydrogen) atoms. The maximum atomic E-state index is 5.53. The van der Waals surface area contributed by atoms with E-state index in [1.54, 1.807) is 13.3 Å². The zero-order valence-electron chi connectivity index (χ0n) is 13.6. The minimum absolute atomic E-state index is 0.555. The second kappa shape index (κ2) is 8.01. The molecule has 0 atom stereocenters. The van der Waals surface area contributed by atoms with E-state index in [0.717, 1.165) is 30.3 Å². The summed E-state index contributed by atoms with van der Waals surface area (Å²) in [7, 11) is 1.75. The predicted octanol–water partition coefficient (Wildman–Crippen LogP) is 2.51. The van der Waals surface area contributed by atoms with Crippen LogP contribution >= 0.6 is 0 Å². The maximum absolute atomic E-state index is 5.53. The average molecular weight is 323 g/mol. The van der Waals surface area contributed by atoms with Gasteiger partial charge in [-0.2, -0.15) is 0 Å². The third-order valence-corrected chi connectivity index (χ3v) is 3.56. The topological polar surface area (TPSA) is 67.4 Å². The van der Waals surface area contributed by atoms with Crippen LogP contribution in [-0.4, -0.2) is 29.1 Å². The number of nitrogens with one attached hydrogen (secondary N) is 2. The summed E-state index contributed by atoms with van der Waals surface area (Å²) in [6.07, 6.45) is 5.75. The lowest BCUT2D eigenvalue weighted by Crippen LogP contribution is -2.38. The van der Waals surface area contributed by atoms with E-state index in [2.05, 4.69) is 25.2 Å². The van der Waals surface area contributed by atoms with Crippen molar-refractivity contribution in [1.29, 1.82) is 0 Å². The first-order valence-electron chi connectivity index (χ1n) is 7.90. The minimum atomic E-state index is 0.555. The summed E-state index contributed by atoms with van der Waals surface area (Å²) >= 11 is 0. The molecule has 3 rings (SSSR count). The number of aromatic nitrogens is 2. The molecule has 0 aliphatic carbocycles. The smallest absolute Gasteiger partial charge is 0.226 e. The fraction of sp³-hybridized carbons (Fsp3) is 0.222. The Morgan fingerprint density at radius 2 is 1.92 bits per heavy atom. The average Bonchev–Trinajstić information content (AvgIpc) is 3.30. The number of rotatable bonds is 6. The van der Waals surface area contributed by atoms with Gasteiger partial charge in [0.25, 0.3) is 0 Å². The normalized spacial score (nSPS) is 11.5. The van der Waals surface area contributed by atoms with Crippen LogP contribution in [0.25, 0.3) is 11.5 Å². The first-order valence-corrected chi connectivity index (χ1v) is 7.90. The highest BCUT2D eigenvalue weighted by Crippen LogP contribution is 2.17. The Morgan fingerprint density at radius 3 is 2.67 bits per heavy atom. The van der Waals surface area contributed by atoms with Gasteiger partial charge >= 0.3 is 0 Å². The third kappa shape index (κ3) is 4.25. The molecular formula is C18H21N5O. The van der Waals surface area contributed by atoms with E-state index in [9.17, 15) is 0 Å². The summed E-state index contributed by atoms with van der Waals surface area (Å²) in [5.41, 5.74) is 1.81. The number of aliphatic imine (C=N–C) groups is 1. The Hall–Kier alpha value is -3.02. The van der Waals surface area contributed by atoms with Gasteiger partial charge in [-0.15, -0.1) is 0 Å². The molecule has 0 amide bonds. The highest BCUT2D eigenvalue weighted by Gasteiger charge is 2.06. The first kappa shape index (κ1) is 15.9. The van der Waals surface area contributed by atoms with Crippen molar-refractivity contribution in [2.24, 2.45) is 4.99 Å². The second-order valence-corrected chi connectivity index (χ2v) is 5.28. The number of guanidine groups is 1. The summed E-state index contributed by atoms with van der Waals surface area (Å²) in [4.78, 5) is 8.71. The molecule has 3 aromatic rings. The van der Waals surface area contributed by atoms with Gasteiger partial charge in [0.1, 0.15) is 6.26 Å². The molecule has 6 nitrogen and oxygen atoms in total. The van der Waals surface area contributed by atoms with Crippen molar-refractivity contribution < 1.29 is 4.42 Å². The van der Waals surface area contributed by atoms with Crippen LogP contribution in [0.2, 0.25) is 0 Å². The molecule has 0 fully saturated rings. The number of hydrogen-bond acceptors (Lipinski definition) is 3. The molecule has 0 radical (unpaired) electrons. The fourth-order valence-corrected chi connectivity index (χ4v) is 2.32. The Morgan fingerprint density at radius 1 is 1.12 bits per heavy atom. The van der Waals surface area contributed by atoms with Crippen LogP contribution in [0, 0.1) is 0 Å². The van der Waals surface area contributed by atoms with E-state index in [-0.39, 0.29) is 0 Å². The van der Waals surface area contributed by atoms with Crippen molar-refractivity contribution in [3.05, 3.63) is 66.8 Å². The SMILES string of the molecule is CN=C(NCCn1cccc1)NCc1coc(-c2ccccc2)n1. The zero-order chi connectivity index (χ0) is 16.6. The van der Waals surface area contributed by atoms with E-state index >= 15 is 0 Å². The van der Waals surface area contributed by atoms with E-state index < -0.39 is 0 Å². The van der Waals surface area contributed by atoms with Crippen LogP contribution in [0.5, 0.6) is 0 Å². The third-order valence-electron chi connectivity index (χ3n) is 3.56. The molecule has 0 spiro atoms. The van der Waals surface area contributed by atoms with Gasteiger partial charge < -0.3 is 19.6 Å². The Bertz CT molecular complexity index is 762. The Balaban J connectivity index is 1.48. The highest BCUT2D eigenvalue weighted by atomic mass is 16.3. The van der Waals surface area contributed by atoms with Crippen LogP contribution in [-0.2, 0) is 13.1 Å². The minimum Gasteiger partial charge on any atom is -0.444 e. The number of benzene rings is 1. The lowest BCUT2D eigenvalue weighted by Gasteiger charge is -2.11. The van der Waals surface area contributed by atoms with Crippen LogP contribution in [0.1, 0.15) is 5.69 Å². The van der Waals surface area contributed by atoms with Gasteiger partial charge in [-0.1, -0.05) is 18.2 Å². The van der Waals surface area contributed by atoms with Crippen LogP contribution < -0.4 is 10.6 Å². The van der Waals surface area contributed by atoms with Crippen LogP contribution in [0.3, 0.4) is 0 Å². The molecule has 0 bridgehead atoms. The first-order chi connectivity index (χ1) is 11.8. The van der Waals surface area contributed by atoms with Crippen molar-refractivity contribution in [2.45, 2.75) is 13.1 Å².